The highest BCUT2D eigenvalue weighted by Crippen LogP contribution is 2.19. The minimum atomic E-state index is 0.00171. The second kappa shape index (κ2) is 9.35. The largest absolute Gasteiger partial charge is 0.392 e. The third-order valence-corrected chi connectivity index (χ3v) is 3.37. The van der Waals surface area contributed by atoms with E-state index in [2.05, 4.69) is 32.1 Å². The topological polar surface area (TPSA) is 29.5 Å². The van der Waals surface area contributed by atoms with Gasteiger partial charge in [0.05, 0.1) is 19.3 Å². The summed E-state index contributed by atoms with van der Waals surface area (Å²) in [6, 6.07) is 0. The van der Waals surface area contributed by atoms with Crippen LogP contribution in [0.15, 0.2) is 23.8 Å². The zero-order valence-corrected chi connectivity index (χ0v) is 11.9. The van der Waals surface area contributed by atoms with Crippen LogP contribution in [0.2, 0.25) is 0 Å². The summed E-state index contributed by atoms with van der Waals surface area (Å²) in [5.41, 5.74) is 1.01. The van der Waals surface area contributed by atoms with Crippen LogP contribution in [0.5, 0.6) is 0 Å². The standard InChI is InChI=1S/C16H28O2/c1-3-4-5-6-7-8-9-10-16-15(12-17)11-14(2)13-18-16/h9-11,14,16-17H,3-8,12-13H2,1-2H3/t14-,16+/m1/s1. The summed E-state index contributed by atoms with van der Waals surface area (Å²) in [6.45, 7) is 5.22. The molecule has 18 heavy (non-hydrogen) atoms. The first-order valence-electron chi connectivity index (χ1n) is 7.37. The Morgan fingerprint density at radius 1 is 1.33 bits per heavy atom. The Morgan fingerprint density at radius 3 is 2.83 bits per heavy atom. The van der Waals surface area contributed by atoms with Crippen LogP contribution in [-0.4, -0.2) is 24.4 Å². The first kappa shape index (κ1) is 15.5. The fraction of sp³-hybridized carbons (Fsp3) is 0.750. The Balaban J connectivity index is 2.22. The van der Waals surface area contributed by atoms with E-state index in [4.69, 9.17) is 4.74 Å². The molecule has 1 N–H and O–H groups in total. The van der Waals surface area contributed by atoms with Gasteiger partial charge in [0.15, 0.2) is 0 Å². The van der Waals surface area contributed by atoms with Gasteiger partial charge >= 0.3 is 0 Å². The van der Waals surface area contributed by atoms with Gasteiger partial charge < -0.3 is 9.84 Å². The minimum Gasteiger partial charge on any atom is -0.392 e. The van der Waals surface area contributed by atoms with Gasteiger partial charge in [0, 0.05) is 0 Å². The molecule has 0 aliphatic carbocycles. The average Bonchev–Trinajstić information content (AvgIpc) is 2.39. The molecule has 1 aliphatic rings. The Bertz CT molecular complexity index is 268. The van der Waals surface area contributed by atoms with Crippen molar-refractivity contribution in [3.8, 4) is 0 Å². The van der Waals surface area contributed by atoms with Crippen molar-refractivity contribution in [1.29, 1.82) is 0 Å². The first-order valence-corrected chi connectivity index (χ1v) is 7.37. The predicted molar refractivity (Wildman–Crippen MR) is 76.6 cm³/mol. The Morgan fingerprint density at radius 2 is 2.11 bits per heavy atom. The number of unbranched alkanes of at least 4 members (excludes halogenated alkanes) is 5. The second-order valence-corrected chi connectivity index (χ2v) is 5.26. The van der Waals surface area contributed by atoms with Crippen molar-refractivity contribution in [3.63, 3.8) is 0 Å². The molecule has 0 saturated carbocycles. The fourth-order valence-corrected chi connectivity index (χ4v) is 2.28. The van der Waals surface area contributed by atoms with E-state index < -0.39 is 0 Å². The number of rotatable bonds is 8. The molecule has 0 aromatic rings. The van der Waals surface area contributed by atoms with Gasteiger partial charge in [-0.15, -0.1) is 0 Å². The highest BCUT2D eigenvalue weighted by Gasteiger charge is 2.18. The van der Waals surface area contributed by atoms with E-state index in [1.165, 1.54) is 32.1 Å². The number of aliphatic hydroxyl groups is 1. The summed E-state index contributed by atoms with van der Waals surface area (Å²) >= 11 is 0. The van der Waals surface area contributed by atoms with E-state index in [1.807, 2.05) is 0 Å². The van der Waals surface area contributed by atoms with Crippen molar-refractivity contribution in [2.24, 2.45) is 5.92 Å². The van der Waals surface area contributed by atoms with E-state index in [0.717, 1.165) is 18.6 Å². The minimum absolute atomic E-state index is 0.00171. The Labute approximate surface area is 112 Å². The molecule has 0 amide bonds. The third-order valence-electron chi connectivity index (χ3n) is 3.37. The van der Waals surface area contributed by atoms with Crippen LogP contribution in [0.4, 0.5) is 0 Å². The predicted octanol–water partition coefficient (Wildman–Crippen LogP) is 3.86. The molecule has 2 nitrogen and oxygen atoms in total. The van der Waals surface area contributed by atoms with E-state index in [-0.39, 0.29) is 12.7 Å². The van der Waals surface area contributed by atoms with Gasteiger partial charge in [0.1, 0.15) is 0 Å². The molecule has 0 spiro atoms. The summed E-state index contributed by atoms with van der Waals surface area (Å²) in [5, 5.41) is 9.30. The molecule has 0 radical (unpaired) electrons. The van der Waals surface area contributed by atoms with Crippen LogP contribution in [0.25, 0.3) is 0 Å². The molecule has 1 aliphatic heterocycles. The van der Waals surface area contributed by atoms with Crippen LogP contribution >= 0.6 is 0 Å². The Kier molecular flexibility index (Phi) is 8.03. The zero-order chi connectivity index (χ0) is 13.2. The maximum atomic E-state index is 9.30. The van der Waals surface area contributed by atoms with Crippen molar-refractivity contribution in [2.75, 3.05) is 13.2 Å². The van der Waals surface area contributed by atoms with Crippen LogP contribution in [0, 0.1) is 5.92 Å². The Hall–Kier alpha value is -0.600. The molecule has 2 atom stereocenters. The molecule has 0 aromatic heterocycles. The second-order valence-electron chi connectivity index (χ2n) is 5.26. The lowest BCUT2D eigenvalue weighted by atomic mass is 10.00. The van der Waals surface area contributed by atoms with Crippen LogP contribution in [-0.2, 0) is 4.74 Å². The lowest BCUT2D eigenvalue weighted by Gasteiger charge is -2.24. The highest BCUT2D eigenvalue weighted by molar-refractivity contribution is 5.19. The highest BCUT2D eigenvalue weighted by atomic mass is 16.5. The SMILES string of the molecule is CCCCCCCC=C[C@@H]1OC[C@H](C)C=C1CO. The number of hydrogen-bond donors (Lipinski definition) is 1. The number of aliphatic hydroxyl groups excluding tert-OH is 1. The summed E-state index contributed by atoms with van der Waals surface area (Å²) in [7, 11) is 0. The van der Waals surface area contributed by atoms with Crippen molar-refractivity contribution >= 4 is 0 Å². The number of ether oxygens (including phenoxy) is 1. The van der Waals surface area contributed by atoms with E-state index >= 15 is 0 Å². The summed E-state index contributed by atoms with van der Waals surface area (Å²) < 4.78 is 5.72. The smallest absolute Gasteiger partial charge is 0.0989 e. The van der Waals surface area contributed by atoms with Gasteiger partial charge in [-0.3, -0.25) is 0 Å². The number of allylic oxidation sites excluding steroid dienone is 1. The quantitative estimate of drug-likeness (QED) is 0.525. The molecule has 1 heterocycles. The molecular formula is C16H28O2. The maximum absolute atomic E-state index is 9.30. The molecule has 2 heteroatoms. The first-order chi connectivity index (χ1) is 8.77. The normalized spacial score (nSPS) is 24.5. The zero-order valence-electron chi connectivity index (χ0n) is 11.9. The third kappa shape index (κ3) is 5.83. The van der Waals surface area contributed by atoms with Crippen LogP contribution in [0.1, 0.15) is 52.4 Å². The van der Waals surface area contributed by atoms with E-state index in [0.29, 0.717) is 5.92 Å². The van der Waals surface area contributed by atoms with Crippen molar-refractivity contribution in [1.82, 2.24) is 0 Å². The van der Waals surface area contributed by atoms with Gasteiger partial charge in [-0.25, -0.2) is 0 Å². The van der Waals surface area contributed by atoms with E-state index in [9.17, 15) is 5.11 Å². The maximum Gasteiger partial charge on any atom is 0.0989 e. The molecule has 0 aromatic carbocycles. The molecule has 0 fully saturated rings. The van der Waals surface area contributed by atoms with Crippen LogP contribution < -0.4 is 0 Å². The van der Waals surface area contributed by atoms with Gasteiger partial charge in [-0.1, -0.05) is 57.8 Å². The van der Waals surface area contributed by atoms with Crippen molar-refractivity contribution < 1.29 is 9.84 Å². The molecule has 0 unspecified atom stereocenters. The van der Waals surface area contributed by atoms with E-state index in [1.54, 1.807) is 0 Å². The van der Waals surface area contributed by atoms with Gasteiger partial charge in [0.25, 0.3) is 0 Å². The molecule has 0 saturated heterocycles. The summed E-state index contributed by atoms with van der Waals surface area (Å²) in [5.74, 6) is 0.422. The monoisotopic (exact) mass is 252 g/mol. The summed E-state index contributed by atoms with van der Waals surface area (Å²) in [6.07, 6.45) is 14.2. The average molecular weight is 252 g/mol. The molecule has 104 valence electrons. The lowest BCUT2D eigenvalue weighted by molar-refractivity contribution is 0.0701. The number of hydrogen-bond acceptors (Lipinski definition) is 2. The van der Waals surface area contributed by atoms with Crippen LogP contribution in [0.3, 0.4) is 0 Å². The lowest BCUT2D eigenvalue weighted by Crippen LogP contribution is -2.24. The summed E-state index contributed by atoms with van der Waals surface area (Å²) in [4.78, 5) is 0. The van der Waals surface area contributed by atoms with Gasteiger partial charge in [0.2, 0.25) is 0 Å². The van der Waals surface area contributed by atoms with Gasteiger partial charge in [-0.05, 0) is 24.3 Å². The molecular weight excluding hydrogens is 224 g/mol. The van der Waals surface area contributed by atoms with Crippen molar-refractivity contribution in [3.05, 3.63) is 23.8 Å². The fourth-order valence-electron chi connectivity index (χ4n) is 2.28. The van der Waals surface area contributed by atoms with Gasteiger partial charge in [-0.2, -0.15) is 0 Å². The molecule has 1 rings (SSSR count). The molecule has 0 bridgehead atoms. The van der Waals surface area contributed by atoms with Crippen molar-refractivity contribution in [2.45, 2.75) is 58.5 Å².